The van der Waals surface area contributed by atoms with E-state index in [1.165, 1.54) is 6.07 Å². The lowest BCUT2D eigenvalue weighted by atomic mass is 10.0. The number of ether oxygens (including phenoxy) is 1. The summed E-state index contributed by atoms with van der Waals surface area (Å²) in [6, 6.07) is 9.15. The number of carbonyl (C=O) groups excluding carboxylic acids is 1. The zero-order chi connectivity index (χ0) is 17.0. The van der Waals surface area contributed by atoms with Crippen LogP contribution < -0.4 is 10.1 Å². The summed E-state index contributed by atoms with van der Waals surface area (Å²) >= 11 is 0. The maximum absolute atomic E-state index is 13.5. The van der Waals surface area contributed by atoms with E-state index in [2.05, 4.69) is 5.32 Å². The summed E-state index contributed by atoms with van der Waals surface area (Å²) in [6.07, 6.45) is 0. The van der Waals surface area contributed by atoms with Gasteiger partial charge in [-0.1, -0.05) is 32.0 Å². The number of halogens is 2. The van der Waals surface area contributed by atoms with Crippen LogP contribution in [-0.2, 0) is 4.79 Å². The van der Waals surface area contributed by atoms with Crippen molar-refractivity contribution in [3.8, 4) is 5.75 Å². The maximum Gasteiger partial charge on any atom is 0.262 e. The molecule has 2 aromatic rings. The van der Waals surface area contributed by atoms with Gasteiger partial charge in [0.05, 0.1) is 0 Å². The molecule has 2 rings (SSSR count). The van der Waals surface area contributed by atoms with Crippen LogP contribution in [0.25, 0.3) is 0 Å². The zero-order valence-corrected chi connectivity index (χ0v) is 13.3. The van der Waals surface area contributed by atoms with Crippen LogP contribution >= 0.6 is 0 Å². The van der Waals surface area contributed by atoms with Crippen molar-refractivity contribution in [2.24, 2.45) is 0 Å². The van der Waals surface area contributed by atoms with Crippen LogP contribution in [0.4, 0.5) is 14.5 Å². The van der Waals surface area contributed by atoms with Gasteiger partial charge in [0.15, 0.2) is 6.61 Å². The first-order chi connectivity index (χ1) is 10.9. The van der Waals surface area contributed by atoms with Crippen molar-refractivity contribution in [1.82, 2.24) is 0 Å². The zero-order valence-electron chi connectivity index (χ0n) is 13.3. The average Bonchev–Trinajstić information content (AvgIpc) is 2.49. The van der Waals surface area contributed by atoms with Crippen LogP contribution in [0.2, 0.25) is 0 Å². The largest absolute Gasteiger partial charge is 0.483 e. The lowest BCUT2D eigenvalue weighted by Crippen LogP contribution is -2.22. The number of anilines is 1. The number of carbonyl (C=O) groups is 1. The molecule has 0 atom stereocenters. The van der Waals surface area contributed by atoms with Gasteiger partial charge in [0.25, 0.3) is 5.91 Å². The summed E-state index contributed by atoms with van der Waals surface area (Å²) in [5, 5.41) is 2.20. The maximum atomic E-state index is 13.5. The van der Waals surface area contributed by atoms with E-state index in [-0.39, 0.29) is 12.5 Å². The minimum atomic E-state index is -0.822. The third kappa shape index (κ3) is 4.28. The molecule has 3 nitrogen and oxygen atoms in total. The first-order valence-electron chi connectivity index (χ1n) is 7.35. The molecule has 0 aromatic heterocycles. The number of hydrogen-bond donors (Lipinski definition) is 1. The second-order valence-electron chi connectivity index (χ2n) is 5.63. The fourth-order valence-corrected chi connectivity index (χ4v) is 2.18. The van der Waals surface area contributed by atoms with Gasteiger partial charge in [-0.25, -0.2) is 8.78 Å². The molecule has 1 amide bonds. The summed E-state index contributed by atoms with van der Waals surface area (Å²) in [5.74, 6) is -1.43. The predicted octanol–water partition coefficient (Wildman–Crippen LogP) is 4.41. The summed E-state index contributed by atoms with van der Waals surface area (Å²) in [5.41, 5.74) is 1.51. The normalized spacial score (nSPS) is 10.7. The monoisotopic (exact) mass is 319 g/mol. The Morgan fingerprint density at radius 1 is 1.17 bits per heavy atom. The summed E-state index contributed by atoms with van der Waals surface area (Å²) < 4.78 is 32.5. The van der Waals surface area contributed by atoms with Gasteiger partial charge in [-0.2, -0.15) is 0 Å². The fraction of sp³-hybridized carbons (Fsp3) is 0.278. The molecular formula is C18H19F2NO2. The Kier molecular flexibility index (Phi) is 5.32. The number of rotatable bonds is 5. The average molecular weight is 319 g/mol. The molecule has 0 aliphatic carbocycles. The number of benzene rings is 2. The number of aryl methyl sites for hydroxylation is 1. The highest BCUT2D eigenvalue weighted by atomic mass is 19.1. The topological polar surface area (TPSA) is 38.3 Å². The lowest BCUT2D eigenvalue weighted by molar-refractivity contribution is -0.118. The van der Waals surface area contributed by atoms with Crippen molar-refractivity contribution in [2.75, 3.05) is 11.9 Å². The molecule has 0 bridgehead atoms. The van der Waals surface area contributed by atoms with E-state index in [4.69, 9.17) is 4.74 Å². The Bertz CT molecular complexity index is 694. The first kappa shape index (κ1) is 16.9. The van der Waals surface area contributed by atoms with Gasteiger partial charge >= 0.3 is 0 Å². The number of nitrogens with one attached hydrogen (secondary N) is 1. The van der Waals surface area contributed by atoms with Crippen LogP contribution in [0.3, 0.4) is 0 Å². The minimum absolute atomic E-state index is 0.234. The number of hydrogen-bond acceptors (Lipinski definition) is 2. The van der Waals surface area contributed by atoms with E-state index >= 15 is 0 Å². The molecule has 23 heavy (non-hydrogen) atoms. The van der Waals surface area contributed by atoms with Crippen molar-refractivity contribution in [3.05, 3.63) is 59.2 Å². The molecule has 122 valence electrons. The van der Waals surface area contributed by atoms with Gasteiger partial charge in [0.2, 0.25) is 0 Å². The number of para-hydroxylation sites is 1. The fourth-order valence-electron chi connectivity index (χ4n) is 2.18. The molecule has 0 saturated heterocycles. The summed E-state index contributed by atoms with van der Waals surface area (Å²) in [4.78, 5) is 11.9. The molecule has 0 aliphatic heterocycles. The van der Waals surface area contributed by atoms with Crippen molar-refractivity contribution >= 4 is 11.6 Å². The third-order valence-electron chi connectivity index (χ3n) is 3.38. The summed E-state index contributed by atoms with van der Waals surface area (Å²) in [7, 11) is 0. The van der Waals surface area contributed by atoms with Gasteiger partial charge in [0.1, 0.15) is 23.1 Å². The highest BCUT2D eigenvalue weighted by Gasteiger charge is 2.14. The molecule has 0 heterocycles. The SMILES string of the molecule is Cc1ccc(C(C)C)c(OCC(=O)Nc2c(F)cccc2F)c1. The van der Waals surface area contributed by atoms with Crippen LogP contribution in [-0.4, -0.2) is 12.5 Å². The van der Waals surface area contributed by atoms with Gasteiger partial charge in [-0.05, 0) is 42.2 Å². The molecular weight excluding hydrogens is 300 g/mol. The van der Waals surface area contributed by atoms with Crippen molar-refractivity contribution in [3.63, 3.8) is 0 Å². The Balaban J connectivity index is 2.07. The predicted molar refractivity (Wildman–Crippen MR) is 85.8 cm³/mol. The van der Waals surface area contributed by atoms with Gasteiger partial charge in [0, 0.05) is 0 Å². The second kappa shape index (κ2) is 7.22. The Labute approximate surface area is 134 Å². The molecule has 0 radical (unpaired) electrons. The molecule has 0 saturated carbocycles. The van der Waals surface area contributed by atoms with Gasteiger partial charge < -0.3 is 10.1 Å². The van der Waals surface area contributed by atoms with E-state index < -0.39 is 23.2 Å². The standard InChI is InChI=1S/C18H19F2NO2/c1-11(2)13-8-7-12(3)9-16(13)23-10-17(22)21-18-14(19)5-4-6-15(18)20/h4-9,11H,10H2,1-3H3,(H,21,22). The van der Waals surface area contributed by atoms with Crippen LogP contribution in [0.5, 0.6) is 5.75 Å². The molecule has 2 aromatic carbocycles. The Morgan fingerprint density at radius 3 is 2.43 bits per heavy atom. The van der Waals surface area contributed by atoms with Crippen LogP contribution in [0.1, 0.15) is 30.9 Å². The van der Waals surface area contributed by atoms with E-state index in [0.717, 1.165) is 23.3 Å². The highest BCUT2D eigenvalue weighted by Crippen LogP contribution is 2.27. The first-order valence-corrected chi connectivity index (χ1v) is 7.35. The second-order valence-corrected chi connectivity index (χ2v) is 5.63. The van der Waals surface area contributed by atoms with Crippen LogP contribution in [0.15, 0.2) is 36.4 Å². The van der Waals surface area contributed by atoms with E-state index in [1.807, 2.05) is 39.0 Å². The smallest absolute Gasteiger partial charge is 0.262 e. The summed E-state index contributed by atoms with van der Waals surface area (Å²) in [6.45, 7) is 5.64. The molecule has 0 unspecified atom stereocenters. The van der Waals surface area contributed by atoms with E-state index in [1.54, 1.807) is 0 Å². The van der Waals surface area contributed by atoms with Gasteiger partial charge in [-0.15, -0.1) is 0 Å². The lowest BCUT2D eigenvalue weighted by Gasteiger charge is -2.15. The molecule has 5 heteroatoms. The van der Waals surface area contributed by atoms with Crippen LogP contribution in [0, 0.1) is 18.6 Å². The number of amides is 1. The molecule has 0 fully saturated rings. The van der Waals surface area contributed by atoms with Gasteiger partial charge in [-0.3, -0.25) is 4.79 Å². The Hall–Kier alpha value is -2.43. The molecule has 1 N–H and O–H groups in total. The highest BCUT2D eigenvalue weighted by molar-refractivity contribution is 5.92. The third-order valence-corrected chi connectivity index (χ3v) is 3.38. The van der Waals surface area contributed by atoms with Crippen molar-refractivity contribution < 1.29 is 18.3 Å². The van der Waals surface area contributed by atoms with Crippen molar-refractivity contribution in [2.45, 2.75) is 26.7 Å². The quantitative estimate of drug-likeness (QED) is 0.886. The Morgan fingerprint density at radius 2 is 1.83 bits per heavy atom. The molecule has 0 spiro atoms. The van der Waals surface area contributed by atoms with Crippen molar-refractivity contribution in [1.29, 1.82) is 0 Å². The molecule has 0 aliphatic rings. The van der Waals surface area contributed by atoms with E-state index in [9.17, 15) is 13.6 Å². The van der Waals surface area contributed by atoms with E-state index in [0.29, 0.717) is 5.75 Å². The minimum Gasteiger partial charge on any atom is -0.483 e.